The van der Waals surface area contributed by atoms with Gasteiger partial charge >= 0.3 is 0 Å². The summed E-state index contributed by atoms with van der Waals surface area (Å²) in [5.74, 6) is 0.923. The van der Waals surface area contributed by atoms with Gasteiger partial charge in [0.15, 0.2) is 0 Å². The summed E-state index contributed by atoms with van der Waals surface area (Å²) in [5, 5.41) is 0. The second-order valence-corrected chi connectivity index (χ2v) is 4.82. The molecule has 3 nitrogen and oxygen atoms in total. The molecule has 1 amide bonds. The maximum absolute atomic E-state index is 12.1. The van der Waals surface area contributed by atoms with Crippen molar-refractivity contribution in [3.63, 3.8) is 0 Å². The highest BCUT2D eigenvalue weighted by atomic mass is 16.2. The van der Waals surface area contributed by atoms with Crippen molar-refractivity contribution in [3.8, 4) is 0 Å². The van der Waals surface area contributed by atoms with Crippen molar-refractivity contribution >= 4 is 5.91 Å². The van der Waals surface area contributed by atoms with Crippen LogP contribution in [-0.4, -0.2) is 47.9 Å². The molecule has 2 heterocycles. The molecule has 3 atom stereocenters. The normalized spacial score (nSPS) is 39.8. The minimum Gasteiger partial charge on any atom is -0.341 e. The van der Waals surface area contributed by atoms with Gasteiger partial charge in [-0.2, -0.15) is 0 Å². The fraction of sp³-hybridized carbons (Fsp3) is 0.909. The topological polar surface area (TPSA) is 23.6 Å². The zero-order valence-corrected chi connectivity index (χ0v) is 9.36. The van der Waals surface area contributed by atoms with Crippen LogP contribution in [0.15, 0.2) is 0 Å². The Kier molecular flexibility index (Phi) is 2.52. The summed E-state index contributed by atoms with van der Waals surface area (Å²) in [6.45, 7) is 6.60. The predicted octanol–water partition coefficient (Wildman–Crippen LogP) is 0.947. The van der Waals surface area contributed by atoms with Crippen LogP contribution in [0.1, 0.15) is 26.7 Å². The molecule has 3 heteroatoms. The maximum Gasteiger partial charge on any atom is 0.239 e. The number of likely N-dealkylation sites (N-methyl/N-ethyl adjacent to an activating group) is 1. The smallest absolute Gasteiger partial charge is 0.239 e. The third-order valence-corrected chi connectivity index (χ3v) is 3.95. The number of fused-ring (bicyclic) bond motifs is 1. The van der Waals surface area contributed by atoms with Gasteiger partial charge in [0, 0.05) is 19.6 Å². The molecule has 2 aliphatic rings. The van der Waals surface area contributed by atoms with E-state index < -0.39 is 0 Å². The van der Waals surface area contributed by atoms with Crippen LogP contribution in [0.5, 0.6) is 0 Å². The van der Waals surface area contributed by atoms with Crippen LogP contribution in [0.3, 0.4) is 0 Å². The van der Waals surface area contributed by atoms with E-state index in [0.29, 0.717) is 17.9 Å². The first-order valence-electron chi connectivity index (χ1n) is 5.62. The monoisotopic (exact) mass is 196 g/mol. The Morgan fingerprint density at radius 3 is 2.79 bits per heavy atom. The van der Waals surface area contributed by atoms with Crippen LogP contribution >= 0.6 is 0 Å². The Hall–Kier alpha value is -0.570. The third kappa shape index (κ3) is 1.44. The quantitative estimate of drug-likeness (QED) is 0.576. The van der Waals surface area contributed by atoms with Crippen LogP contribution < -0.4 is 0 Å². The number of nitrogens with zero attached hydrogens (tertiary/aromatic N) is 2. The van der Waals surface area contributed by atoms with Crippen LogP contribution in [-0.2, 0) is 4.79 Å². The van der Waals surface area contributed by atoms with Gasteiger partial charge in [-0.1, -0.05) is 6.92 Å². The molecule has 0 aromatic carbocycles. The average Bonchev–Trinajstić information content (AvgIpc) is 2.59. The lowest BCUT2D eigenvalue weighted by Crippen LogP contribution is -2.43. The molecule has 0 aromatic heterocycles. The number of carbonyl (C=O) groups is 1. The predicted molar refractivity (Wildman–Crippen MR) is 56.0 cm³/mol. The zero-order chi connectivity index (χ0) is 10.3. The molecule has 0 aliphatic carbocycles. The van der Waals surface area contributed by atoms with E-state index in [4.69, 9.17) is 0 Å². The van der Waals surface area contributed by atoms with E-state index in [0.717, 1.165) is 19.5 Å². The van der Waals surface area contributed by atoms with Gasteiger partial charge in [0.2, 0.25) is 5.91 Å². The molecular formula is C11H20N2O. The van der Waals surface area contributed by atoms with Crippen molar-refractivity contribution in [2.24, 2.45) is 5.92 Å². The molecule has 0 unspecified atom stereocenters. The highest BCUT2D eigenvalue weighted by Gasteiger charge is 2.39. The molecule has 0 bridgehead atoms. The Bertz CT molecular complexity index is 241. The van der Waals surface area contributed by atoms with Crippen molar-refractivity contribution in [3.05, 3.63) is 0 Å². The van der Waals surface area contributed by atoms with Gasteiger partial charge in [-0.3, -0.25) is 9.69 Å². The molecule has 0 N–H and O–H groups in total. The first-order valence-corrected chi connectivity index (χ1v) is 5.62. The van der Waals surface area contributed by atoms with E-state index in [9.17, 15) is 4.79 Å². The Morgan fingerprint density at radius 2 is 2.07 bits per heavy atom. The summed E-state index contributed by atoms with van der Waals surface area (Å²) in [5.41, 5.74) is 0. The Labute approximate surface area is 86.1 Å². The number of amides is 1. The summed E-state index contributed by atoms with van der Waals surface area (Å²) < 4.78 is 0. The van der Waals surface area contributed by atoms with Gasteiger partial charge in [-0.05, 0) is 32.2 Å². The molecular weight excluding hydrogens is 176 g/mol. The van der Waals surface area contributed by atoms with Gasteiger partial charge in [0.25, 0.3) is 0 Å². The molecule has 0 saturated carbocycles. The third-order valence-electron chi connectivity index (χ3n) is 3.95. The van der Waals surface area contributed by atoms with E-state index in [1.807, 2.05) is 11.9 Å². The minimum atomic E-state index is 0.187. The number of hydrogen-bond acceptors (Lipinski definition) is 2. The van der Waals surface area contributed by atoms with Crippen LogP contribution in [0.4, 0.5) is 0 Å². The van der Waals surface area contributed by atoms with Crippen molar-refractivity contribution < 1.29 is 4.79 Å². The lowest BCUT2D eigenvalue weighted by molar-refractivity contribution is -0.134. The van der Waals surface area contributed by atoms with Crippen molar-refractivity contribution in [1.29, 1.82) is 0 Å². The highest BCUT2D eigenvalue weighted by Crippen LogP contribution is 2.26. The number of hydrogen-bond donors (Lipinski definition) is 0. The van der Waals surface area contributed by atoms with Crippen molar-refractivity contribution in [2.45, 2.75) is 38.8 Å². The first-order chi connectivity index (χ1) is 6.61. The molecule has 80 valence electrons. The SMILES string of the molecule is C[C@H]1CN2CCC[C@@H]2C(=O)N(C)[C@H]1C. The average molecular weight is 196 g/mol. The summed E-state index contributed by atoms with van der Waals surface area (Å²) in [6, 6.07) is 0.570. The molecule has 2 rings (SSSR count). The molecule has 2 saturated heterocycles. The van der Waals surface area contributed by atoms with Crippen LogP contribution in [0.25, 0.3) is 0 Å². The second-order valence-electron chi connectivity index (χ2n) is 4.82. The Balaban J connectivity index is 2.22. The molecule has 0 radical (unpaired) electrons. The standard InChI is InChI=1S/C11H20N2O/c1-8-7-13-6-4-5-10(13)11(14)12(3)9(8)2/h8-10H,4-7H2,1-3H3/t8-,9-,10+/m0/s1. The highest BCUT2D eigenvalue weighted by molar-refractivity contribution is 5.82. The van der Waals surface area contributed by atoms with E-state index in [-0.39, 0.29) is 6.04 Å². The fourth-order valence-electron chi connectivity index (χ4n) is 2.66. The Morgan fingerprint density at radius 1 is 1.36 bits per heavy atom. The minimum absolute atomic E-state index is 0.187. The van der Waals surface area contributed by atoms with Gasteiger partial charge in [-0.15, -0.1) is 0 Å². The molecule has 2 fully saturated rings. The van der Waals surface area contributed by atoms with E-state index >= 15 is 0 Å². The fourth-order valence-corrected chi connectivity index (χ4v) is 2.66. The second kappa shape index (κ2) is 3.54. The van der Waals surface area contributed by atoms with Crippen LogP contribution in [0.2, 0.25) is 0 Å². The van der Waals surface area contributed by atoms with E-state index in [2.05, 4.69) is 18.7 Å². The zero-order valence-electron chi connectivity index (χ0n) is 9.36. The number of carbonyl (C=O) groups excluding carboxylic acids is 1. The summed E-state index contributed by atoms with van der Waals surface area (Å²) in [6.07, 6.45) is 2.24. The van der Waals surface area contributed by atoms with Gasteiger partial charge in [0.1, 0.15) is 0 Å². The van der Waals surface area contributed by atoms with Crippen LogP contribution in [0, 0.1) is 5.92 Å². The van der Waals surface area contributed by atoms with Gasteiger partial charge in [0.05, 0.1) is 6.04 Å². The van der Waals surface area contributed by atoms with E-state index in [1.54, 1.807) is 0 Å². The maximum atomic E-state index is 12.1. The molecule has 14 heavy (non-hydrogen) atoms. The van der Waals surface area contributed by atoms with Crippen molar-refractivity contribution in [2.75, 3.05) is 20.1 Å². The van der Waals surface area contributed by atoms with Crippen molar-refractivity contribution in [1.82, 2.24) is 9.80 Å². The number of rotatable bonds is 0. The van der Waals surface area contributed by atoms with Gasteiger partial charge in [-0.25, -0.2) is 0 Å². The molecule has 0 aromatic rings. The largest absolute Gasteiger partial charge is 0.341 e. The summed E-state index contributed by atoms with van der Waals surface area (Å²) in [7, 11) is 1.95. The van der Waals surface area contributed by atoms with Gasteiger partial charge < -0.3 is 4.90 Å². The van der Waals surface area contributed by atoms with E-state index in [1.165, 1.54) is 6.42 Å². The summed E-state index contributed by atoms with van der Waals surface area (Å²) in [4.78, 5) is 16.4. The lowest BCUT2D eigenvalue weighted by atomic mass is 10.0. The summed E-state index contributed by atoms with van der Waals surface area (Å²) >= 11 is 0. The molecule has 2 aliphatic heterocycles. The molecule has 0 spiro atoms. The first kappa shape index (κ1) is 9.97. The lowest BCUT2D eigenvalue weighted by Gasteiger charge is -2.27.